The van der Waals surface area contributed by atoms with Gasteiger partial charge in [0.2, 0.25) is 5.88 Å². The zero-order valence-electron chi connectivity index (χ0n) is 9.48. The van der Waals surface area contributed by atoms with Crippen LogP contribution in [0.1, 0.15) is 17.1 Å². The standard InChI is InChI=1S/C10H12N6O/c1-5-3-7(9(11)12)14-10(13-5)17-8-4-6(2)15-16-8/h3-4H,1-2H3,(H3,11,12)(H,15,16). The Morgan fingerprint density at radius 2 is 2.12 bits per heavy atom. The summed E-state index contributed by atoms with van der Waals surface area (Å²) in [5.74, 6) is 0.251. The van der Waals surface area contributed by atoms with Crippen LogP contribution in [0.2, 0.25) is 0 Å². The average Bonchev–Trinajstić information content (AvgIpc) is 2.63. The fourth-order valence-corrected chi connectivity index (χ4v) is 1.26. The highest BCUT2D eigenvalue weighted by atomic mass is 16.5. The number of nitrogen functional groups attached to an aromatic ring is 1. The lowest BCUT2D eigenvalue weighted by atomic mass is 10.3. The third-order valence-corrected chi connectivity index (χ3v) is 1.99. The van der Waals surface area contributed by atoms with Crippen LogP contribution in [-0.4, -0.2) is 26.0 Å². The highest BCUT2D eigenvalue weighted by Crippen LogP contribution is 2.16. The Kier molecular flexibility index (Phi) is 2.73. The number of nitrogens with one attached hydrogen (secondary N) is 2. The molecular weight excluding hydrogens is 220 g/mol. The van der Waals surface area contributed by atoms with Crippen molar-refractivity contribution >= 4 is 5.84 Å². The molecule has 0 saturated heterocycles. The van der Waals surface area contributed by atoms with E-state index >= 15 is 0 Å². The van der Waals surface area contributed by atoms with Gasteiger partial charge < -0.3 is 10.5 Å². The zero-order valence-corrected chi connectivity index (χ0v) is 9.48. The van der Waals surface area contributed by atoms with E-state index in [2.05, 4.69) is 20.2 Å². The number of aromatic amines is 1. The van der Waals surface area contributed by atoms with E-state index in [1.165, 1.54) is 0 Å². The SMILES string of the molecule is Cc1cc(C(=N)N)nc(Oc2cc(C)[nH]n2)n1. The van der Waals surface area contributed by atoms with Crippen molar-refractivity contribution in [3.8, 4) is 11.9 Å². The Balaban J connectivity index is 2.29. The maximum absolute atomic E-state index is 7.32. The first-order valence-electron chi connectivity index (χ1n) is 4.94. The summed E-state index contributed by atoms with van der Waals surface area (Å²) < 4.78 is 5.35. The predicted octanol–water partition coefficient (Wildman–Crippen LogP) is 0.893. The molecule has 0 atom stereocenters. The molecule has 2 aromatic heterocycles. The molecule has 2 rings (SSSR count). The molecule has 0 aromatic carbocycles. The van der Waals surface area contributed by atoms with Gasteiger partial charge in [0.1, 0.15) is 11.5 Å². The Hall–Kier alpha value is -2.44. The van der Waals surface area contributed by atoms with Gasteiger partial charge in [-0.1, -0.05) is 0 Å². The first kappa shape index (κ1) is 11.1. The molecule has 7 nitrogen and oxygen atoms in total. The number of nitrogens with two attached hydrogens (primary N) is 1. The van der Waals surface area contributed by atoms with Gasteiger partial charge >= 0.3 is 6.01 Å². The van der Waals surface area contributed by atoms with E-state index < -0.39 is 0 Å². The number of rotatable bonds is 3. The van der Waals surface area contributed by atoms with E-state index in [-0.39, 0.29) is 11.8 Å². The Morgan fingerprint density at radius 1 is 1.35 bits per heavy atom. The summed E-state index contributed by atoms with van der Waals surface area (Å²) in [5.41, 5.74) is 7.25. The highest BCUT2D eigenvalue weighted by Gasteiger charge is 2.08. The predicted molar refractivity (Wildman–Crippen MR) is 61.2 cm³/mol. The number of aromatic nitrogens is 4. The summed E-state index contributed by atoms with van der Waals surface area (Å²) in [6.07, 6.45) is 0. The molecule has 0 bridgehead atoms. The first-order chi connectivity index (χ1) is 8.04. The van der Waals surface area contributed by atoms with Crippen molar-refractivity contribution in [3.05, 3.63) is 29.2 Å². The number of amidine groups is 1. The van der Waals surface area contributed by atoms with Crippen LogP contribution in [-0.2, 0) is 0 Å². The molecule has 0 amide bonds. The van der Waals surface area contributed by atoms with Gasteiger partial charge in [0.05, 0.1) is 0 Å². The van der Waals surface area contributed by atoms with Gasteiger partial charge in [-0.2, -0.15) is 4.98 Å². The van der Waals surface area contributed by atoms with Gasteiger partial charge in [-0.05, 0) is 19.9 Å². The van der Waals surface area contributed by atoms with Crippen LogP contribution in [0.5, 0.6) is 11.9 Å². The van der Waals surface area contributed by atoms with Crippen LogP contribution in [0.3, 0.4) is 0 Å². The molecule has 4 N–H and O–H groups in total. The van der Waals surface area contributed by atoms with Crippen LogP contribution in [0, 0.1) is 19.3 Å². The second-order valence-corrected chi connectivity index (χ2v) is 3.58. The minimum absolute atomic E-state index is 0.126. The summed E-state index contributed by atoms with van der Waals surface area (Å²) in [5, 5.41) is 14.0. The van der Waals surface area contributed by atoms with Gasteiger partial charge in [0, 0.05) is 17.5 Å². The summed E-state index contributed by atoms with van der Waals surface area (Å²) in [6, 6.07) is 3.46. The van der Waals surface area contributed by atoms with E-state index in [1.807, 2.05) is 6.92 Å². The minimum Gasteiger partial charge on any atom is -0.404 e. The van der Waals surface area contributed by atoms with Gasteiger partial charge in [-0.15, -0.1) is 5.10 Å². The fraction of sp³-hybridized carbons (Fsp3) is 0.200. The zero-order chi connectivity index (χ0) is 12.4. The molecule has 0 aliphatic rings. The lowest BCUT2D eigenvalue weighted by Gasteiger charge is -2.03. The summed E-state index contributed by atoms with van der Waals surface area (Å²) >= 11 is 0. The van der Waals surface area contributed by atoms with Crippen LogP contribution in [0.25, 0.3) is 0 Å². The first-order valence-corrected chi connectivity index (χ1v) is 4.94. The monoisotopic (exact) mass is 232 g/mol. The van der Waals surface area contributed by atoms with Crippen molar-refractivity contribution in [1.82, 2.24) is 20.2 Å². The van der Waals surface area contributed by atoms with Crippen molar-refractivity contribution in [2.75, 3.05) is 0 Å². The van der Waals surface area contributed by atoms with Crippen molar-refractivity contribution in [1.29, 1.82) is 5.41 Å². The Morgan fingerprint density at radius 3 is 2.71 bits per heavy atom. The molecular formula is C10H12N6O. The van der Waals surface area contributed by atoms with E-state index in [0.29, 0.717) is 17.3 Å². The molecule has 0 fully saturated rings. The molecule has 0 unspecified atom stereocenters. The maximum Gasteiger partial charge on any atom is 0.324 e. The van der Waals surface area contributed by atoms with Crippen LogP contribution in [0.15, 0.2) is 12.1 Å². The van der Waals surface area contributed by atoms with Gasteiger partial charge in [0.25, 0.3) is 0 Å². The van der Waals surface area contributed by atoms with Crippen LogP contribution in [0.4, 0.5) is 0 Å². The average molecular weight is 232 g/mol. The lowest BCUT2D eigenvalue weighted by Crippen LogP contribution is -2.14. The van der Waals surface area contributed by atoms with Crippen molar-refractivity contribution in [2.45, 2.75) is 13.8 Å². The third kappa shape index (κ3) is 2.57. The van der Waals surface area contributed by atoms with E-state index in [1.54, 1.807) is 19.1 Å². The Bertz CT molecular complexity index is 562. The van der Waals surface area contributed by atoms with E-state index in [4.69, 9.17) is 15.9 Å². The summed E-state index contributed by atoms with van der Waals surface area (Å²) in [7, 11) is 0. The number of hydrogen-bond acceptors (Lipinski definition) is 5. The number of H-pyrrole nitrogens is 1. The van der Waals surface area contributed by atoms with Gasteiger partial charge in [-0.3, -0.25) is 10.5 Å². The molecule has 0 radical (unpaired) electrons. The lowest BCUT2D eigenvalue weighted by molar-refractivity contribution is 0.422. The largest absolute Gasteiger partial charge is 0.404 e. The smallest absolute Gasteiger partial charge is 0.324 e. The van der Waals surface area contributed by atoms with Crippen molar-refractivity contribution in [3.63, 3.8) is 0 Å². The Labute approximate surface area is 97.6 Å². The number of hydrogen-bond donors (Lipinski definition) is 3. The van der Waals surface area contributed by atoms with Gasteiger partial charge in [-0.25, -0.2) is 4.98 Å². The molecule has 2 aromatic rings. The van der Waals surface area contributed by atoms with Crippen molar-refractivity contribution in [2.24, 2.45) is 5.73 Å². The normalized spacial score (nSPS) is 10.2. The number of ether oxygens (including phenoxy) is 1. The molecule has 17 heavy (non-hydrogen) atoms. The van der Waals surface area contributed by atoms with Crippen LogP contribution < -0.4 is 10.5 Å². The molecule has 88 valence electrons. The topological polar surface area (TPSA) is 114 Å². The second kappa shape index (κ2) is 4.20. The van der Waals surface area contributed by atoms with Gasteiger partial charge in [0.15, 0.2) is 0 Å². The molecule has 7 heteroatoms. The summed E-state index contributed by atoms with van der Waals surface area (Å²) in [4.78, 5) is 8.08. The molecule has 0 aliphatic carbocycles. The second-order valence-electron chi connectivity index (χ2n) is 3.58. The quantitative estimate of drug-likeness (QED) is 0.537. The minimum atomic E-state index is -0.126. The number of nitrogens with zero attached hydrogens (tertiary/aromatic N) is 3. The highest BCUT2D eigenvalue weighted by molar-refractivity contribution is 5.93. The third-order valence-electron chi connectivity index (χ3n) is 1.99. The number of aryl methyl sites for hydroxylation is 2. The molecule has 0 aliphatic heterocycles. The molecule has 0 saturated carbocycles. The molecule has 0 spiro atoms. The molecule has 2 heterocycles. The summed E-state index contributed by atoms with van der Waals surface area (Å²) in [6.45, 7) is 3.63. The van der Waals surface area contributed by atoms with E-state index in [0.717, 1.165) is 5.69 Å². The maximum atomic E-state index is 7.32. The van der Waals surface area contributed by atoms with Crippen LogP contribution >= 0.6 is 0 Å². The van der Waals surface area contributed by atoms with E-state index in [9.17, 15) is 0 Å². The van der Waals surface area contributed by atoms with Crippen molar-refractivity contribution < 1.29 is 4.74 Å². The fourth-order valence-electron chi connectivity index (χ4n) is 1.26.